The molecule has 0 spiro atoms. The van der Waals surface area contributed by atoms with Crippen molar-refractivity contribution in [3.05, 3.63) is 0 Å². The molecule has 5 N–H and O–H groups in total. The van der Waals surface area contributed by atoms with E-state index in [9.17, 15) is 53.1 Å². The van der Waals surface area contributed by atoms with Gasteiger partial charge in [-0.25, -0.2) is 0 Å². The average molecular weight is 1750 g/mol. The minimum Gasteiger partial charge on any atom is -0.481 e. The topological polar surface area (TPSA) is 309 Å². The largest absolute Gasteiger partial charge is 0.481 e. The molecule has 0 saturated heterocycles. The molecule has 8 aliphatic rings. The molecule has 8 fully saturated rings. The zero-order valence-electron chi connectivity index (χ0n) is 65.3. The SMILES string of the molecule is BrCCCCBr.C.C.C.C.C.C.CC(C)(C)OC(=O)C1(CCBr)CC1.CC(C)(C)OC(=O)C1(CCCCC(=O)CCCCC2(C(=O)OC(C)(C)C)CC2)CC1.CC(C)(C)OC(=O)C1CC1.O=C(CCCCC1(C(=O)O)CC1)CCCCC1(C(=O)O)CC1.O=C(O)C1(CCCCC(O)CCCCC2(C(=O)O)CC2)CC1. The van der Waals surface area contributed by atoms with E-state index in [0.717, 1.165) is 241 Å². The number of aliphatic hydroxyl groups excluding tert-OH is 1. The van der Waals surface area contributed by atoms with Crippen LogP contribution in [0.25, 0.3) is 0 Å². The lowest BCUT2D eigenvalue weighted by molar-refractivity contribution is -0.163. The van der Waals surface area contributed by atoms with Gasteiger partial charge in [0.05, 0.1) is 49.9 Å². The van der Waals surface area contributed by atoms with Crippen molar-refractivity contribution in [2.45, 2.75) is 432 Å². The van der Waals surface area contributed by atoms with Gasteiger partial charge in [0, 0.05) is 41.7 Å². The van der Waals surface area contributed by atoms with Crippen LogP contribution in [-0.4, -0.2) is 129 Å². The van der Waals surface area contributed by atoms with Gasteiger partial charge in [-0.3, -0.25) is 47.9 Å². The van der Waals surface area contributed by atoms with Gasteiger partial charge in [-0.05, 0) is 282 Å². The van der Waals surface area contributed by atoms with Crippen LogP contribution in [0.15, 0.2) is 0 Å². The Morgan fingerprint density at radius 3 is 0.706 bits per heavy atom. The second-order valence-corrected chi connectivity index (χ2v) is 38.0. The van der Waals surface area contributed by atoms with Gasteiger partial charge in [0.1, 0.15) is 34.0 Å². The zero-order chi connectivity index (χ0) is 77.8. The van der Waals surface area contributed by atoms with E-state index in [2.05, 4.69) is 47.8 Å². The molecule has 8 aliphatic carbocycles. The average Bonchev–Trinajstić information content (AvgIpc) is 1.58. The molecule has 0 atom stereocenters. The second-order valence-electron chi connectivity index (χ2n) is 35.6. The highest BCUT2D eigenvalue weighted by Crippen LogP contribution is 2.55. The number of Topliss-reactive ketones (excluding diaryl/α,β-unsaturated/α-hetero) is 2. The smallest absolute Gasteiger partial charge is 0.312 e. The number of halogens is 3. The maximum Gasteiger partial charge on any atom is 0.312 e. The maximum atomic E-state index is 12.3. The molecular weight excluding hydrogens is 1590 g/mol. The van der Waals surface area contributed by atoms with Gasteiger partial charge in [-0.1, -0.05) is 144 Å². The Balaban J connectivity index is -0.000000633. The third-order valence-corrected chi connectivity index (χ3v) is 22.5. The Morgan fingerprint density at radius 2 is 0.523 bits per heavy atom. The molecule has 0 aromatic carbocycles. The summed E-state index contributed by atoms with van der Waals surface area (Å²) >= 11 is 10.0. The third-order valence-electron chi connectivity index (χ3n) is 21.0. The molecule has 0 heterocycles. The highest BCUT2D eigenvalue weighted by molar-refractivity contribution is 9.09. The van der Waals surface area contributed by atoms with Crippen LogP contribution in [0.4, 0.5) is 0 Å². The molecule has 22 heteroatoms. The number of hydrogen-bond donors (Lipinski definition) is 5. The molecule has 0 aromatic heterocycles. The van der Waals surface area contributed by atoms with E-state index in [1.807, 2.05) is 83.1 Å². The zero-order valence-corrected chi connectivity index (χ0v) is 70.0. The van der Waals surface area contributed by atoms with Crippen molar-refractivity contribution in [1.82, 2.24) is 0 Å². The van der Waals surface area contributed by atoms with Crippen molar-refractivity contribution in [1.29, 1.82) is 0 Å². The van der Waals surface area contributed by atoms with E-state index in [4.69, 9.17) is 39.4 Å². The summed E-state index contributed by atoms with van der Waals surface area (Å²) in [5.74, 6) is -2.15. The monoisotopic (exact) mass is 1740 g/mol. The van der Waals surface area contributed by atoms with Gasteiger partial charge >= 0.3 is 47.8 Å². The molecule has 0 unspecified atom stereocenters. The van der Waals surface area contributed by atoms with E-state index < -0.39 is 56.7 Å². The molecule has 19 nitrogen and oxygen atoms in total. The maximum absolute atomic E-state index is 12.3. The highest BCUT2D eigenvalue weighted by atomic mass is 79.9. The Hall–Kier alpha value is -3.50. The number of aliphatic hydroxyl groups is 1. The van der Waals surface area contributed by atoms with Crippen molar-refractivity contribution in [2.24, 2.45) is 43.8 Å². The number of carbonyl (C=O) groups is 10. The summed E-state index contributed by atoms with van der Waals surface area (Å²) in [6.07, 6.45) is 35.4. The summed E-state index contributed by atoms with van der Waals surface area (Å²) in [6, 6.07) is 0. The van der Waals surface area contributed by atoms with Crippen LogP contribution in [0.5, 0.6) is 0 Å². The first-order valence-electron chi connectivity index (χ1n) is 39.1. The second kappa shape index (κ2) is 50.8. The van der Waals surface area contributed by atoms with Crippen LogP contribution in [0, 0.1) is 43.8 Å². The molecule has 0 amide bonds. The number of esters is 4. The first kappa shape index (κ1) is 112. The Labute approximate surface area is 687 Å². The summed E-state index contributed by atoms with van der Waals surface area (Å²) < 4.78 is 21.6. The van der Waals surface area contributed by atoms with Gasteiger partial charge in [-0.15, -0.1) is 0 Å². The fourth-order valence-corrected chi connectivity index (χ4v) is 14.0. The van der Waals surface area contributed by atoms with E-state index in [-0.39, 0.29) is 114 Å². The minimum atomic E-state index is -0.689. The number of aliphatic carboxylic acids is 4. The van der Waals surface area contributed by atoms with Gasteiger partial charge in [0.2, 0.25) is 0 Å². The lowest BCUT2D eigenvalue weighted by Crippen LogP contribution is -2.29. The van der Waals surface area contributed by atoms with Crippen LogP contribution in [-0.2, 0) is 66.9 Å². The van der Waals surface area contributed by atoms with Crippen molar-refractivity contribution in [3.63, 3.8) is 0 Å². The van der Waals surface area contributed by atoms with Crippen LogP contribution < -0.4 is 0 Å². The lowest BCUT2D eigenvalue weighted by Gasteiger charge is -2.23. The van der Waals surface area contributed by atoms with E-state index in [1.54, 1.807) is 0 Å². The number of carbonyl (C=O) groups excluding carboxylic acids is 6. The number of rotatable bonds is 43. The quantitative estimate of drug-likeness (QED) is 0.0164. The Morgan fingerprint density at radius 1 is 0.312 bits per heavy atom. The van der Waals surface area contributed by atoms with Gasteiger partial charge in [-0.2, -0.15) is 0 Å². The third kappa shape index (κ3) is 45.4. The molecule has 109 heavy (non-hydrogen) atoms. The van der Waals surface area contributed by atoms with E-state index in [1.165, 1.54) is 12.8 Å². The van der Waals surface area contributed by atoms with Crippen LogP contribution >= 0.6 is 47.8 Å². The highest BCUT2D eigenvalue weighted by Gasteiger charge is 2.55. The number of carboxylic acid groups (broad SMARTS) is 4. The molecule has 8 rings (SSSR count). The summed E-state index contributed by atoms with van der Waals surface area (Å²) in [5, 5.41) is 49.3. The van der Waals surface area contributed by atoms with Gasteiger partial charge in [0.15, 0.2) is 0 Å². The number of carboxylic acids is 4. The fraction of sp³-hybridized carbons (Fsp3) is 0.885. The summed E-state index contributed by atoms with van der Waals surface area (Å²) in [7, 11) is 0. The standard InChI is InChI=1S/C25H42O5.C17H28O5.C17H26O5.C10H17BrO2.C8H14O2.C4H8Br2.6CH4/c1-22(2,3)29-20(27)24(15-16-24)13-9-7-11-19(26)12-8-10-14-25(17-18-25)21(28)30-23(4,5)6;2*18-13(5-1-3-7-16(9-10-16)14(19)20)6-2-4-8-17(11-12-17)15(21)22;1-9(2,3)13-8(12)10(4-5-10)6-7-11;1-8(2,3)10-7(9)6-4-5-6;5-3-1-2-4-6;;;;;;/h7-18H2,1-6H3;13,18H,1-12H2,(H,19,20)(H,21,22);1-12H2,(H,19,20)(H,21,22);4-7H2,1-3H3;6H,4-5H2,1-3H3;1-4H2;6*1H4. The van der Waals surface area contributed by atoms with Crippen molar-refractivity contribution in [3.8, 4) is 0 Å². The molecule has 0 radical (unpaired) electrons. The number of alkyl halides is 3. The molecule has 0 bridgehead atoms. The number of ketones is 2. The van der Waals surface area contributed by atoms with Crippen molar-refractivity contribution in [2.75, 3.05) is 16.0 Å². The molecular formula is C87H159Br3O19. The molecule has 8 saturated carbocycles. The Bertz CT molecular complexity index is 2560. The van der Waals surface area contributed by atoms with Crippen molar-refractivity contribution < 1.29 is 92.4 Å². The number of unbranched alkanes of at least 4 members (excludes halogenated alkanes) is 7. The molecule has 0 aliphatic heterocycles. The summed E-state index contributed by atoms with van der Waals surface area (Å²) in [6.45, 7) is 22.8. The predicted octanol–water partition coefficient (Wildman–Crippen LogP) is 23.5. The predicted molar refractivity (Wildman–Crippen MR) is 451 cm³/mol. The number of ether oxygens (including phenoxy) is 4. The number of hydrogen-bond acceptors (Lipinski definition) is 15. The first-order chi connectivity index (χ1) is 47.9. The summed E-state index contributed by atoms with van der Waals surface area (Å²) in [5.41, 5.74) is -4.07. The Kier molecular flexibility index (Phi) is 52.1. The molecule has 642 valence electrons. The van der Waals surface area contributed by atoms with Crippen LogP contribution in [0.3, 0.4) is 0 Å². The van der Waals surface area contributed by atoms with Gasteiger partial charge < -0.3 is 44.5 Å². The lowest BCUT2D eigenvalue weighted by atomic mass is 9.95. The van der Waals surface area contributed by atoms with Crippen LogP contribution in [0.1, 0.15) is 404 Å². The van der Waals surface area contributed by atoms with E-state index in [0.29, 0.717) is 44.3 Å². The minimum absolute atomic E-state index is 0. The van der Waals surface area contributed by atoms with Gasteiger partial charge in [0.25, 0.3) is 0 Å². The van der Waals surface area contributed by atoms with Crippen molar-refractivity contribution >= 4 is 107 Å². The summed E-state index contributed by atoms with van der Waals surface area (Å²) in [4.78, 5) is 115. The van der Waals surface area contributed by atoms with Crippen LogP contribution in [0.2, 0.25) is 0 Å². The first-order valence-corrected chi connectivity index (χ1v) is 42.5. The van der Waals surface area contributed by atoms with E-state index >= 15 is 0 Å². The normalized spacial score (nSPS) is 18.1. The fourth-order valence-electron chi connectivity index (χ4n) is 12.5. The molecule has 0 aromatic rings.